The number of ether oxygens (including phenoxy) is 2. The average molecular weight is 601 g/mol. The topological polar surface area (TPSA) is 178 Å². The fraction of sp³-hybridized carbons (Fsp3) is 0.571. The van der Waals surface area contributed by atoms with E-state index in [-0.39, 0.29) is 43.8 Å². The van der Waals surface area contributed by atoms with Gasteiger partial charge in [0, 0.05) is 23.8 Å². The molecular weight excluding hydrogens is 560 g/mol. The Labute approximate surface area is 244 Å². The molecule has 0 saturated heterocycles. The number of aliphatic hydroxyl groups is 3. The maximum Gasteiger partial charge on any atom is 0.328 e. The highest BCUT2D eigenvalue weighted by Gasteiger charge is 2.39. The van der Waals surface area contributed by atoms with Crippen LogP contribution >= 0.6 is 11.6 Å². The first-order valence-corrected chi connectivity index (χ1v) is 13.9. The van der Waals surface area contributed by atoms with E-state index in [0.29, 0.717) is 30.0 Å². The number of unbranched alkanes of at least 4 members (excludes halogenated alkanes) is 1. The van der Waals surface area contributed by atoms with E-state index in [0.717, 1.165) is 0 Å². The number of nitrogens with one attached hydrogen (secondary N) is 1. The Hall–Kier alpha value is -2.55. The molecule has 6 N–H and O–H groups in total. The summed E-state index contributed by atoms with van der Waals surface area (Å²) in [6.45, 7) is 2.72. The molecular formula is C28H41ClN2O10. The molecule has 2 rings (SSSR count). The van der Waals surface area contributed by atoms with Gasteiger partial charge in [0.15, 0.2) is 0 Å². The molecule has 2 unspecified atom stereocenters. The first kappa shape index (κ1) is 34.7. The molecule has 13 heteroatoms. The first-order valence-electron chi connectivity index (χ1n) is 13.5. The van der Waals surface area contributed by atoms with Crippen LogP contribution in [0.2, 0.25) is 5.02 Å². The summed E-state index contributed by atoms with van der Waals surface area (Å²) in [5, 5.41) is 50.8. The number of benzene rings is 1. The zero-order valence-corrected chi connectivity index (χ0v) is 24.0. The molecule has 1 aromatic carbocycles. The van der Waals surface area contributed by atoms with Gasteiger partial charge in [-0.25, -0.2) is 9.63 Å². The van der Waals surface area contributed by atoms with Gasteiger partial charge in [-0.2, -0.15) is 0 Å². The Kier molecular flexibility index (Phi) is 15.3. The van der Waals surface area contributed by atoms with Gasteiger partial charge in [0.05, 0.1) is 17.6 Å². The molecule has 0 bridgehead atoms. The van der Waals surface area contributed by atoms with Gasteiger partial charge >= 0.3 is 5.97 Å². The molecule has 7 atom stereocenters. The summed E-state index contributed by atoms with van der Waals surface area (Å²) in [4.78, 5) is 28.5. The lowest BCUT2D eigenvalue weighted by Gasteiger charge is -2.19. The largest absolute Gasteiger partial charge is 0.491 e. The van der Waals surface area contributed by atoms with E-state index in [4.69, 9.17) is 31.5 Å². The van der Waals surface area contributed by atoms with Crippen molar-refractivity contribution >= 4 is 23.5 Å². The zero-order valence-electron chi connectivity index (χ0n) is 23.2. The zero-order chi connectivity index (χ0) is 30.4. The second-order valence-corrected chi connectivity index (χ2v) is 10.5. The van der Waals surface area contributed by atoms with Gasteiger partial charge in [0.2, 0.25) is 5.91 Å². The van der Waals surface area contributed by atoms with Crippen molar-refractivity contribution in [1.29, 1.82) is 0 Å². The summed E-state index contributed by atoms with van der Waals surface area (Å²) >= 11 is 5.93. The van der Waals surface area contributed by atoms with Gasteiger partial charge < -0.3 is 30.1 Å². The highest BCUT2D eigenvalue weighted by molar-refractivity contribution is 6.30. The number of halogens is 1. The molecule has 0 aliphatic heterocycles. The van der Waals surface area contributed by atoms with E-state index in [2.05, 4.69) is 10.2 Å². The Balaban J connectivity index is 1.70. The van der Waals surface area contributed by atoms with Gasteiger partial charge in [0.1, 0.15) is 37.2 Å². The van der Waals surface area contributed by atoms with E-state index < -0.39 is 41.8 Å². The Bertz CT molecular complexity index is 1010. The van der Waals surface area contributed by atoms with Gasteiger partial charge in [-0.1, -0.05) is 42.0 Å². The molecule has 0 radical (unpaired) electrons. The fourth-order valence-electron chi connectivity index (χ4n) is 4.39. The van der Waals surface area contributed by atoms with Crippen LogP contribution in [-0.4, -0.2) is 86.7 Å². The summed E-state index contributed by atoms with van der Waals surface area (Å²) in [6.07, 6.45) is 6.12. The van der Waals surface area contributed by atoms with Crippen molar-refractivity contribution in [2.24, 2.45) is 11.8 Å². The van der Waals surface area contributed by atoms with E-state index in [1.165, 1.54) is 13.8 Å². The lowest BCUT2D eigenvalue weighted by Crippen LogP contribution is -2.41. The predicted octanol–water partition coefficient (Wildman–Crippen LogP) is 2.56. The standard InChI is InChI=1S/C28H41ClN2O10/c1-18(16-40-31(37)38)41-28(36)19(2)30-27(35)11-6-4-3-5-10-23-24(26(34)15-25(23)33)13-12-21(32)17-39-22-9-7-8-20(29)14-22/h3,5,7-9,12-14,18-19,21,23-26,32-34,37-38H,4,6,10-11,15-17H2,1-2H3,(H,30,35)/b5-3-,13-12+/t18?,19?,21-,23-,24-,25+,26-/m1/s1. The van der Waals surface area contributed by atoms with Crippen molar-refractivity contribution in [3.05, 3.63) is 53.6 Å². The molecule has 1 aliphatic rings. The molecule has 12 nitrogen and oxygen atoms in total. The van der Waals surface area contributed by atoms with Gasteiger partial charge in [-0.15, -0.1) is 0 Å². The number of allylic oxidation sites excluding steroid dienone is 2. The number of carbonyl (C=O) groups is 2. The van der Waals surface area contributed by atoms with Crippen molar-refractivity contribution in [3.8, 4) is 5.75 Å². The summed E-state index contributed by atoms with van der Waals surface area (Å²) in [7, 11) is 0. The monoisotopic (exact) mass is 600 g/mol. The minimum atomic E-state index is -0.901. The molecule has 0 aromatic heterocycles. The number of aliphatic hydroxyl groups excluding tert-OH is 3. The molecule has 230 valence electrons. The van der Waals surface area contributed by atoms with Crippen molar-refractivity contribution in [3.63, 3.8) is 0 Å². The highest BCUT2D eigenvalue weighted by Crippen LogP contribution is 2.36. The van der Waals surface area contributed by atoms with Crippen molar-refractivity contribution < 1.29 is 49.6 Å². The number of hydrogen-bond acceptors (Lipinski definition) is 11. The lowest BCUT2D eigenvalue weighted by molar-refractivity contribution is -0.494. The second-order valence-electron chi connectivity index (χ2n) is 10.0. The third kappa shape index (κ3) is 13.3. The maximum absolute atomic E-state index is 12.1. The van der Waals surface area contributed by atoms with Crippen molar-refractivity contribution in [1.82, 2.24) is 10.7 Å². The summed E-state index contributed by atoms with van der Waals surface area (Å²) in [5.74, 6) is -1.02. The highest BCUT2D eigenvalue weighted by atomic mass is 35.5. The third-order valence-corrected chi connectivity index (χ3v) is 6.75. The molecule has 1 amide bonds. The van der Waals surface area contributed by atoms with Gasteiger partial charge in [-0.05, 0) is 57.2 Å². The number of amides is 1. The van der Waals surface area contributed by atoms with Crippen molar-refractivity contribution in [2.75, 3.05) is 13.2 Å². The van der Waals surface area contributed by atoms with Crippen molar-refractivity contribution in [2.45, 2.75) is 76.4 Å². The number of hydrogen-bond donors (Lipinski definition) is 6. The van der Waals surface area contributed by atoms with Crippen LogP contribution in [0.1, 0.15) is 46.0 Å². The van der Waals surface area contributed by atoms with Gasteiger partial charge in [-0.3, -0.25) is 15.2 Å². The third-order valence-electron chi connectivity index (χ3n) is 6.51. The number of rotatable bonds is 17. The van der Waals surface area contributed by atoms with E-state index in [9.17, 15) is 24.9 Å². The molecule has 1 saturated carbocycles. The fourth-order valence-corrected chi connectivity index (χ4v) is 4.57. The van der Waals surface area contributed by atoms with Crippen LogP contribution in [0.25, 0.3) is 0 Å². The molecule has 1 fully saturated rings. The van der Waals surface area contributed by atoms with E-state index in [1.54, 1.807) is 36.4 Å². The summed E-state index contributed by atoms with van der Waals surface area (Å²) < 4.78 is 10.6. The number of carbonyl (C=O) groups excluding carboxylic acids is 2. The number of esters is 1. The minimum Gasteiger partial charge on any atom is -0.491 e. The van der Waals surface area contributed by atoms with Crippen LogP contribution < -0.4 is 10.1 Å². The Morgan fingerprint density at radius 3 is 2.63 bits per heavy atom. The minimum absolute atomic E-state index is 0.0164. The summed E-state index contributed by atoms with van der Waals surface area (Å²) in [6, 6.07) is 5.96. The van der Waals surface area contributed by atoms with Crippen LogP contribution in [0.4, 0.5) is 0 Å². The maximum atomic E-state index is 12.1. The van der Waals surface area contributed by atoms with E-state index in [1.807, 2.05) is 12.2 Å². The van der Waals surface area contributed by atoms with Crippen LogP contribution in [0.5, 0.6) is 5.75 Å². The lowest BCUT2D eigenvalue weighted by atomic mass is 9.89. The molecule has 0 spiro atoms. The molecule has 1 aliphatic carbocycles. The van der Waals surface area contributed by atoms with Crippen LogP contribution in [0.15, 0.2) is 48.6 Å². The predicted molar refractivity (Wildman–Crippen MR) is 148 cm³/mol. The normalized spacial score (nSPS) is 23.1. The SMILES string of the molecule is CC(CON(O)O)OC(=O)C(C)NC(=O)CCC/C=C\C[C@@H]1[C@@H](/C=C/[C@@H](O)COc2cccc(Cl)c2)[C@H](O)C[C@@H]1O. The molecule has 0 heterocycles. The first-order chi connectivity index (χ1) is 19.5. The molecule has 41 heavy (non-hydrogen) atoms. The second kappa shape index (κ2) is 18.1. The smallest absolute Gasteiger partial charge is 0.328 e. The Morgan fingerprint density at radius 2 is 1.93 bits per heavy atom. The quantitative estimate of drug-likeness (QED) is 0.0670. The average Bonchev–Trinajstić information content (AvgIpc) is 3.18. The van der Waals surface area contributed by atoms with Crippen LogP contribution in [0.3, 0.4) is 0 Å². The van der Waals surface area contributed by atoms with Crippen LogP contribution in [-0.2, 0) is 19.2 Å². The number of nitrogens with zero attached hydrogens (tertiary/aromatic N) is 1. The van der Waals surface area contributed by atoms with Crippen LogP contribution in [0, 0.1) is 11.8 Å². The Morgan fingerprint density at radius 1 is 1.17 bits per heavy atom. The molecule has 1 aromatic rings. The van der Waals surface area contributed by atoms with E-state index >= 15 is 0 Å². The van der Waals surface area contributed by atoms with Gasteiger partial charge in [0.25, 0.3) is 0 Å². The summed E-state index contributed by atoms with van der Waals surface area (Å²) in [5.41, 5.74) is 0.